The largest absolute Gasteiger partial charge is 0.386 e. The quantitative estimate of drug-likeness (QED) is 0.492. The minimum absolute atomic E-state index is 0.290. The lowest BCUT2D eigenvalue weighted by molar-refractivity contribution is -0.133. The van der Waals surface area contributed by atoms with Crippen LogP contribution in [0.1, 0.15) is 17.4 Å². The second-order valence-corrected chi connectivity index (χ2v) is 6.44. The number of aromatic nitrogens is 2. The number of alkyl halides is 3. The van der Waals surface area contributed by atoms with Gasteiger partial charge in [-0.25, -0.2) is 4.39 Å². The molecule has 0 fully saturated rings. The van der Waals surface area contributed by atoms with Gasteiger partial charge in [-0.3, -0.25) is 9.78 Å². The zero-order chi connectivity index (χ0) is 21.5. The molecule has 3 N–H and O–H groups in total. The maximum Gasteiger partial charge on any atom is 0.315 e. The number of hydrogen-bond donors (Lipinski definition) is 3. The molecular formula is C20H19F3N4O3. The summed E-state index contributed by atoms with van der Waals surface area (Å²) in [5.74, 6) is -1.63. The summed E-state index contributed by atoms with van der Waals surface area (Å²) in [4.78, 5) is 15.4. The molecule has 0 unspecified atom stereocenters. The number of benzene rings is 1. The molecule has 0 saturated carbocycles. The molecular weight excluding hydrogens is 401 g/mol. The van der Waals surface area contributed by atoms with E-state index in [-0.39, 0.29) is 0 Å². The summed E-state index contributed by atoms with van der Waals surface area (Å²) in [7, 11) is 0. The van der Waals surface area contributed by atoms with Gasteiger partial charge < -0.3 is 20.3 Å². The van der Waals surface area contributed by atoms with Crippen LogP contribution in [0.15, 0.2) is 59.6 Å². The van der Waals surface area contributed by atoms with Crippen molar-refractivity contribution in [2.45, 2.75) is 25.1 Å². The van der Waals surface area contributed by atoms with Crippen LogP contribution >= 0.6 is 0 Å². The van der Waals surface area contributed by atoms with Crippen LogP contribution in [0.5, 0.6) is 0 Å². The standard InChI is InChI=1S/C20H19F3N4O3/c21-7-17(27-20(29)19(22)23)18(28)13-3-1-12(2-4-13)14-5-6-15(24-8-14)9-25-16-10-26-30-11-16/h1-6,8,10-11,17-19,25,28H,7,9H2,(H,27,29)/t17-,18+/m1/s1. The van der Waals surface area contributed by atoms with Gasteiger partial charge in [0, 0.05) is 11.8 Å². The Bertz CT molecular complexity index is 935. The summed E-state index contributed by atoms with van der Waals surface area (Å²) < 4.78 is 42.5. The van der Waals surface area contributed by atoms with E-state index in [1.54, 1.807) is 42.0 Å². The number of rotatable bonds is 9. The van der Waals surface area contributed by atoms with Crippen molar-refractivity contribution in [1.82, 2.24) is 15.5 Å². The van der Waals surface area contributed by atoms with Crippen LogP contribution in [0.4, 0.5) is 18.9 Å². The summed E-state index contributed by atoms with van der Waals surface area (Å²) in [6, 6.07) is 8.71. The predicted molar refractivity (Wildman–Crippen MR) is 102 cm³/mol. The van der Waals surface area contributed by atoms with Gasteiger partial charge >= 0.3 is 6.43 Å². The van der Waals surface area contributed by atoms with Gasteiger partial charge in [0.15, 0.2) is 0 Å². The first-order chi connectivity index (χ1) is 14.5. The predicted octanol–water partition coefficient (Wildman–Crippen LogP) is 3.10. The highest BCUT2D eigenvalue weighted by Gasteiger charge is 2.26. The first-order valence-corrected chi connectivity index (χ1v) is 8.99. The molecule has 1 amide bonds. The van der Waals surface area contributed by atoms with E-state index in [4.69, 9.17) is 4.52 Å². The van der Waals surface area contributed by atoms with E-state index in [9.17, 15) is 23.1 Å². The number of amides is 1. The van der Waals surface area contributed by atoms with Gasteiger partial charge in [0.1, 0.15) is 19.0 Å². The van der Waals surface area contributed by atoms with E-state index in [1.165, 1.54) is 6.26 Å². The van der Waals surface area contributed by atoms with Crippen LogP contribution in [0.25, 0.3) is 11.1 Å². The smallest absolute Gasteiger partial charge is 0.315 e. The Balaban J connectivity index is 1.63. The molecule has 3 rings (SSSR count). The lowest BCUT2D eigenvalue weighted by Gasteiger charge is -2.22. The molecule has 0 radical (unpaired) electrons. The van der Waals surface area contributed by atoms with Gasteiger partial charge in [-0.05, 0) is 17.2 Å². The fourth-order valence-electron chi connectivity index (χ4n) is 2.74. The van der Waals surface area contributed by atoms with Crippen LogP contribution in [0.2, 0.25) is 0 Å². The molecule has 10 heteroatoms. The summed E-state index contributed by atoms with van der Waals surface area (Å²) in [6.45, 7) is -0.697. The minimum atomic E-state index is -3.28. The first kappa shape index (κ1) is 21.3. The Morgan fingerprint density at radius 1 is 1.10 bits per heavy atom. The van der Waals surface area contributed by atoms with E-state index in [1.807, 2.05) is 12.1 Å². The highest BCUT2D eigenvalue weighted by molar-refractivity contribution is 5.79. The third-order valence-corrected chi connectivity index (χ3v) is 4.39. The van der Waals surface area contributed by atoms with Crippen molar-refractivity contribution in [2.24, 2.45) is 0 Å². The highest BCUT2D eigenvalue weighted by Crippen LogP contribution is 2.24. The van der Waals surface area contributed by atoms with Crippen molar-refractivity contribution < 1.29 is 27.6 Å². The fourth-order valence-corrected chi connectivity index (χ4v) is 2.74. The summed E-state index contributed by atoms with van der Waals surface area (Å²) in [5.41, 5.74) is 3.44. The average Bonchev–Trinajstić information content (AvgIpc) is 3.29. The van der Waals surface area contributed by atoms with Gasteiger partial charge in [-0.15, -0.1) is 0 Å². The zero-order valence-electron chi connectivity index (χ0n) is 15.6. The van der Waals surface area contributed by atoms with Gasteiger partial charge in [0.2, 0.25) is 0 Å². The number of carbonyl (C=O) groups excluding carboxylic acids is 1. The molecule has 2 heterocycles. The molecule has 158 valence electrons. The first-order valence-electron chi connectivity index (χ1n) is 8.99. The Hall–Kier alpha value is -3.40. The molecule has 7 nitrogen and oxygen atoms in total. The van der Waals surface area contributed by atoms with E-state index in [0.717, 1.165) is 22.5 Å². The Kier molecular flexibility index (Phi) is 7.02. The van der Waals surface area contributed by atoms with Crippen LogP contribution in [0, 0.1) is 0 Å². The molecule has 0 spiro atoms. The number of nitrogens with zero attached hydrogens (tertiary/aromatic N) is 2. The third-order valence-electron chi connectivity index (χ3n) is 4.39. The van der Waals surface area contributed by atoms with Crippen molar-refractivity contribution in [3.63, 3.8) is 0 Å². The molecule has 30 heavy (non-hydrogen) atoms. The van der Waals surface area contributed by atoms with Crippen LogP contribution < -0.4 is 10.6 Å². The molecule has 1 aromatic carbocycles. The number of halogens is 3. The normalized spacial score (nSPS) is 13.1. The maximum atomic E-state index is 13.1. The van der Waals surface area contributed by atoms with Gasteiger partial charge in [-0.1, -0.05) is 35.5 Å². The van der Waals surface area contributed by atoms with Crippen molar-refractivity contribution in [3.05, 3.63) is 66.3 Å². The van der Waals surface area contributed by atoms with E-state index in [2.05, 4.69) is 15.5 Å². The maximum absolute atomic E-state index is 13.1. The highest BCUT2D eigenvalue weighted by atomic mass is 19.3. The van der Waals surface area contributed by atoms with Gasteiger partial charge in [0.25, 0.3) is 5.91 Å². The summed E-state index contributed by atoms with van der Waals surface area (Å²) in [5, 5.41) is 18.7. The van der Waals surface area contributed by atoms with Crippen LogP contribution in [0.3, 0.4) is 0 Å². The monoisotopic (exact) mass is 420 g/mol. The van der Waals surface area contributed by atoms with Gasteiger partial charge in [0.05, 0.1) is 30.2 Å². The molecule has 0 aliphatic heterocycles. The lowest BCUT2D eigenvalue weighted by atomic mass is 9.99. The fraction of sp³-hybridized carbons (Fsp3) is 0.250. The molecule has 0 aliphatic carbocycles. The average molecular weight is 420 g/mol. The van der Waals surface area contributed by atoms with E-state index < -0.39 is 31.2 Å². The molecule has 0 aliphatic rings. The zero-order valence-corrected chi connectivity index (χ0v) is 15.6. The number of anilines is 1. The lowest BCUT2D eigenvalue weighted by Crippen LogP contribution is -2.43. The molecule has 0 saturated heterocycles. The number of nitrogens with one attached hydrogen (secondary N) is 2. The second kappa shape index (κ2) is 9.88. The van der Waals surface area contributed by atoms with Crippen molar-refractivity contribution in [1.29, 1.82) is 0 Å². The van der Waals surface area contributed by atoms with E-state index in [0.29, 0.717) is 12.1 Å². The van der Waals surface area contributed by atoms with Crippen molar-refractivity contribution >= 4 is 11.6 Å². The van der Waals surface area contributed by atoms with Gasteiger partial charge in [-0.2, -0.15) is 8.78 Å². The molecule has 2 atom stereocenters. The Morgan fingerprint density at radius 3 is 2.40 bits per heavy atom. The Morgan fingerprint density at radius 2 is 1.83 bits per heavy atom. The third kappa shape index (κ3) is 5.35. The molecule has 0 bridgehead atoms. The summed E-state index contributed by atoms with van der Waals surface area (Å²) in [6.07, 6.45) is -0.0251. The molecule has 2 aromatic heterocycles. The topological polar surface area (TPSA) is 100 Å². The van der Waals surface area contributed by atoms with E-state index >= 15 is 0 Å². The number of aliphatic hydroxyl groups is 1. The Labute approximate surface area is 169 Å². The van der Waals surface area contributed by atoms with Crippen molar-refractivity contribution in [3.8, 4) is 11.1 Å². The second-order valence-electron chi connectivity index (χ2n) is 6.44. The number of pyridine rings is 1. The molecule has 3 aromatic rings. The minimum Gasteiger partial charge on any atom is -0.386 e. The summed E-state index contributed by atoms with van der Waals surface area (Å²) >= 11 is 0. The SMILES string of the molecule is O=C(N[C@H](CF)[C@@H](O)c1ccc(-c2ccc(CNc3cnoc3)nc2)cc1)C(F)F. The number of carbonyl (C=O) groups is 1. The van der Waals surface area contributed by atoms with Crippen LogP contribution in [-0.4, -0.2) is 40.3 Å². The number of aliphatic hydroxyl groups excluding tert-OH is 1. The number of hydrogen-bond acceptors (Lipinski definition) is 6. The van der Waals surface area contributed by atoms with Crippen LogP contribution in [-0.2, 0) is 11.3 Å². The van der Waals surface area contributed by atoms with Crippen molar-refractivity contribution in [2.75, 3.05) is 12.0 Å².